The molecule has 0 aliphatic carbocycles. The highest BCUT2D eigenvalue weighted by molar-refractivity contribution is 7.20. The van der Waals surface area contributed by atoms with Crippen molar-refractivity contribution < 1.29 is 14.3 Å². The highest BCUT2D eigenvalue weighted by Crippen LogP contribution is 2.38. The fourth-order valence-corrected chi connectivity index (χ4v) is 5.92. The third-order valence-corrected chi connectivity index (χ3v) is 7.81. The molecule has 10 nitrogen and oxygen atoms in total. The molecule has 5 rings (SSSR count). The number of thiazole rings is 1. The van der Waals surface area contributed by atoms with E-state index in [1.165, 1.54) is 34.8 Å². The third-order valence-electron chi connectivity index (χ3n) is 5.80. The third kappa shape index (κ3) is 4.26. The second kappa shape index (κ2) is 9.12. The van der Waals surface area contributed by atoms with E-state index in [1.807, 2.05) is 18.9 Å². The van der Waals surface area contributed by atoms with E-state index in [2.05, 4.69) is 16.3 Å². The molecule has 1 fully saturated rings. The number of fused-ring (bicyclic) bond motifs is 1. The Morgan fingerprint density at radius 1 is 1.34 bits per heavy atom. The molecule has 1 aliphatic rings. The maximum Gasteiger partial charge on any atom is 0.404 e. The summed E-state index contributed by atoms with van der Waals surface area (Å²) < 4.78 is 15.2. The summed E-state index contributed by atoms with van der Waals surface area (Å²) in [5, 5.41) is 27.4. The van der Waals surface area contributed by atoms with Crippen molar-refractivity contribution in [2.24, 2.45) is 0 Å². The number of nitriles is 1. The molecule has 0 radical (unpaired) electrons. The van der Waals surface area contributed by atoms with Gasteiger partial charge in [-0.25, -0.2) is 19.2 Å². The number of halogens is 1. The number of hydrogen-bond acceptors (Lipinski definition) is 9. The van der Waals surface area contributed by atoms with Gasteiger partial charge in [0.15, 0.2) is 10.9 Å². The normalized spacial score (nSPS) is 15.5. The fourth-order valence-electron chi connectivity index (χ4n) is 4.12. The van der Waals surface area contributed by atoms with Gasteiger partial charge in [-0.3, -0.25) is 0 Å². The summed E-state index contributed by atoms with van der Waals surface area (Å²) in [5.74, 6) is 0.407. The Labute approximate surface area is 207 Å². The van der Waals surface area contributed by atoms with Gasteiger partial charge in [0.05, 0.1) is 11.7 Å². The molecule has 35 heavy (non-hydrogen) atoms. The minimum Gasteiger partial charge on any atom is -0.465 e. The number of carboxylic acid groups (broad SMARTS) is 1. The second-order valence-electron chi connectivity index (χ2n) is 8.05. The first-order chi connectivity index (χ1) is 16.9. The van der Waals surface area contributed by atoms with Crippen molar-refractivity contribution in [1.82, 2.24) is 24.9 Å². The van der Waals surface area contributed by atoms with Crippen molar-refractivity contribution in [1.29, 1.82) is 5.26 Å². The van der Waals surface area contributed by atoms with Gasteiger partial charge >= 0.3 is 6.09 Å². The Balaban J connectivity index is 1.49. The number of benzene rings is 1. The maximum atomic E-state index is 13.4. The number of hydrogen-bond donors (Lipinski definition) is 2. The van der Waals surface area contributed by atoms with Crippen LogP contribution in [0.25, 0.3) is 16.2 Å². The van der Waals surface area contributed by atoms with Crippen molar-refractivity contribution in [3.05, 3.63) is 40.7 Å². The van der Waals surface area contributed by atoms with Crippen LogP contribution in [0.3, 0.4) is 0 Å². The first-order valence-corrected chi connectivity index (χ1v) is 12.5. The molecule has 1 aromatic carbocycles. The average Bonchev–Trinajstić information content (AvgIpc) is 3.60. The number of amides is 1. The highest BCUT2D eigenvalue weighted by Gasteiger charge is 2.29. The zero-order chi connectivity index (χ0) is 24.7. The van der Waals surface area contributed by atoms with Crippen LogP contribution in [0.15, 0.2) is 24.3 Å². The minimum absolute atomic E-state index is 0.137. The van der Waals surface area contributed by atoms with Gasteiger partial charge in [0.25, 0.3) is 0 Å². The lowest BCUT2D eigenvalue weighted by atomic mass is 10.1. The zero-order valence-electron chi connectivity index (χ0n) is 18.9. The zero-order valence-corrected chi connectivity index (χ0v) is 20.5. The van der Waals surface area contributed by atoms with Crippen LogP contribution in [-0.4, -0.2) is 57.0 Å². The van der Waals surface area contributed by atoms with Crippen LogP contribution in [0.5, 0.6) is 0 Å². The van der Waals surface area contributed by atoms with Gasteiger partial charge in [0.1, 0.15) is 22.5 Å². The van der Waals surface area contributed by atoms with Crippen molar-refractivity contribution in [3.8, 4) is 17.3 Å². The van der Waals surface area contributed by atoms with Gasteiger partial charge in [-0.2, -0.15) is 9.78 Å². The van der Waals surface area contributed by atoms with Gasteiger partial charge in [0, 0.05) is 25.7 Å². The number of imidazole rings is 1. The summed E-state index contributed by atoms with van der Waals surface area (Å²) in [4.78, 5) is 25.5. The number of aromatic nitrogens is 4. The lowest BCUT2D eigenvalue weighted by Gasteiger charge is -2.16. The SMILES string of the molecule is CCc1nc2sc(N3CCC(NC(=O)O)C3)nn2c1N(C)c1nc(-c2ccc(F)cc2)c(C#N)s1. The van der Waals surface area contributed by atoms with Crippen LogP contribution in [0.1, 0.15) is 23.9 Å². The molecule has 1 saturated heterocycles. The maximum absolute atomic E-state index is 13.4. The fraction of sp³-hybridized carbons (Fsp3) is 0.318. The number of aryl methyl sites for hydroxylation is 1. The predicted molar refractivity (Wildman–Crippen MR) is 132 cm³/mol. The monoisotopic (exact) mass is 512 g/mol. The smallest absolute Gasteiger partial charge is 0.404 e. The van der Waals surface area contributed by atoms with E-state index in [0.717, 1.165) is 21.6 Å². The Hall–Kier alpha value is -3.76. The molecule has 2 N–H and O–H groups in total. The highest BCUT2D eigenvalue weighted by atomic mass is 32.1. The molecule has 3 aromatic heterocycles. The first kappa shape index (κ1) is 23.0. The predicted octanol–water partition coefficient (Wildman–Crippen LogP) is 4.10. The van der Waals surface area contributed by atoms with Crippen molar-refractivity contribution in [2.75, 3.05) is 29.9 Å². The Kier molecular flexibility index (Phi) is 6.00. The van der Waals surface area contributed by atoms with E-state index in [1.54, 1.807) is 16.6 Å². The first-order valence-electron chi connectivity index (χ1n) is 10.9. The molecule has 13 heteroatoms. The molecular weight excluding hydrogens is 491 g/mol. The van der Waals surface area contributed by atoms with Crippen LogP contribution in [0.4, 0.5) is 25.3 Å². The molecule has 1 aliphatic heterocycles. The van der Waals surface area contributed by atoms with Crippen LogP contribution in [0.2, 0.25) is 0 Å². The van der Waals surface area contributed by atoms with E-state index < -0.39 is 6.09 Å². The summed E-state index contributed by atoms with van der Waals surface area (Å²) in [7, 11) is 1.86. The standard InChI is InChI=1S/C22H21FN8O2S2/c1-3-15-18(29(2)19-27-17(16(10-24)34-19)12-4-6-13(23)7-5-12)31-20(26-15)35-21(28-31)30-9-8-14(11-30)25-22(32)33/h4-7,14,25H,3,8-9,11H2,1-2H3,(H,32,33). The number of nitrogens with one attached hydrogen (secondary N) is 1. The largest absolute Gasteiger partial charge is 0.465 e. The van der Waals surface area contributed by atoms with E-state index >= 15 is 0 Å². The molecule has 0 bridgehead atoms. The van der Waals surface area contributed by atoms with E-state index in [4.69, 9.17) is 20.2 Å². The summed E-state index contributed by atoms with van der Waals surface area (Å²) in [6.07, 6.45) is 0.367. The molecule has 1 atom stereocenters. The van der Waals surface area contributed by atoms with Crippen LogP contribution < -0.4 is 15.1 Å². The Morgan fingerprint density at radius 2 is 2.11 bits per heavy atom. The van der Waals surface area contributed by atoms with E-state index in [9.17, 15) is 14.4 Å². The van der Waals surface area contributed by atoms with Gasteiger partial charge in [0.2, 0.25) is 10.1 Å². The number of rotatable bonds is 6. The molecule has 1 amide bonds. The van der Waals surface area contributed by atoms with Crippen LogP contribution >= 0.6 is 22.7 Å². The summed E-state index contributed by atoms with van der Waals surface area (Å²) in [6.45, 7) is 3.26. The average molecular weight is 513 g/mol. The van der Waals surface area contributed by atoms with Gasteiger partial charge < -0.3 is 20.2 Å². The van der Waals surface area contributed by atoms with Crippen molar-refractivity contribution in [2.45, 2.75) is 25.8 Å². The summed E-state index contributed by atoms with van der Waals surface area (Å²) in [6, 6.07) is 7.98. The molecule has 0 saturated carbocycles. The van der Waals surface area contributed by atoms with Crippen molar-refractivity contribution >= 4 is 49.8 Å². The molecular formula is C22H21FN8O2S2. The number of carbonyl (C=O) groups is 1. The van der Waals surface area contributed by atoms with E-state index in [0.29, 0.717) is 47.2 Å². The lowest BCUT2D eigenvalue weighted by Crippen LogP contribution is -2.36. The van der Waals surface area contributed by atoms with Crippen LogP contribution in [-0.2, 0) is 6.42 Å². The number of nitrogens with zero attached hydrogens (tertiary/aromatic N) is 7. The lowest BCUT2D eigenvalue weighted by molar-refractivity contribution is 0.191. The molecule has 4 heterocycles. The molecule has 0 spiro atoms. The Bertz CT molecular complexity index is 1440. The number of anilines is 3. The quantitative estimate of drug-likeness (QED) is 0.396. The van der Waals surface area contributed by atoms with Crippen LogP contribution in [0, 0.1) is 17.1 Å². The van der Waals surface area contributed by atoms with Gasteiger partial charge in [-0.1, -0.05) is 29.6 Å². The van der Waals surface area contributed by atoms with Gasteiger partial charge in [-0.05, 0) is 37.1 Å². The Morgan fingerprint density at radius 3 is 2.80 bits per heavy atom. The summed E-state index contributed by atoms with van der Waals surface area (Å²) >= 11 is 2.70. The van der Waals surface area contributed by atoms with Gasteiger partial charge in [-0.15, -0.1) is 5.10 Å². The molecule has 1 unspecified atom stereocenters. The molecule has 4 aromatic rings. The minimum atomic E-state index is -1.03. The van der Waals surface area contributed by atoms with Crippen molar-refractivity contribution in [3.63, 3.8) is 0 Å². The molecule has 180 valence electrons. The summed E-state index contributed by atoms with van der Waals surface area (Å²) in [5.41, 5.74) is 2.02. The topological polar surface area (TPSA) is 123 Å². The van der Waals surface area contributed by atoms with E-state index in [-0.39, 0.29) is 11.9 Å². The second-order valence-corrected chi connectivity index (χ2v) is 9.96.